The van der Waals surface area contributed by atoms with Crippen LogP contribution >= 0.6 is 0 Å². The summed E-state index contributed by atoms with van der Waals surface area (Å²) in [5.41, 5.74) is 0. The van der Waals surface area contributed by atoms with Gasteiger partial charge in [0, 0.05) is 25.2 Å². The number of hydrogen-bond acceptors (Lipinski definition) is 3. The Morgan fingerprint density at radius 2 is 1.88 bits per heavy atom. The van der Waals surface area contributed by atoms with Crippen molar-refractivity contribution in [3.63, 3.8) is 0 Å². The molecule has 1 saturated carbocycles. The van der Waals surface area contributed by atoms with Crippen molar-refractivity contribution in [1.82, 2.24) is 10.2 Å². The number of nitrogens with one attached hydrogen (secondary N) is 1. The third-order valence-corrected chi connectivity index (χ3v) is 4.01. The van der Waals surface area contributed by atoms with Crippen LogP contribution in [0.15, 0.2) is 0 Å². The first-order valence-corrected chi connectivity index (χ1v) is 7.26. The summed E-state index contributed by atoms with van der Waals surface area (Å²) in [7, 11) is 0. The molecule has 1 heterocycles. The highest BCUT2D eigenvalue weighted by molar-refractivity contribution is 4.85. The van der Waals surface area contributed by atoms with Gasteiger partial charge >= 0.3 is 0 Å². The average molecular weight is 240 g/mol. The summed E-state index contributed by atoms with van der Waals surface area (Å²) in [6, 6.07) is 1.02. The molecule has 1 aliphatic carbocycles. The maximum Gasteiger partial charge on any atom is 0.0585 e. The summed E-state index contributed by atoms with van der Waals surface area (Å²) >= 11 is 0. The topological polar surface area (TPSA) is 35.5 Å². The fourth-order valence-electron chi connectivity index (χ4n) is 3.12. The Balaban J connectivity index is 1.68. The molecule has 17 heavy (non-hydrogen) atoms. The van der Waals surface area contributed by atoms with Crippen LogP contribution in [0.5, 0.6) is 0 Å². The summed E-state index contributed by atoms with van der Waals surface area (Å²) < 4.78 is 0. The van der Waals surface area contributed by atoms with E-state index in [2.05, 4.69) is 24.1 Å². The fourth-order valence-corrected chi connectivity index (χ4v) is 3.12. The van der Waals surface area contributed by atoms with Gasteiger partial charge in [-0.1, -0.05) is 13.8 Å². The van der Waals surface area contributed by atoms with Crippen LogP contribution in [0.25, 0.3) is 0 Å². The van der Waals surface area contributed by atoms with E-state index in [1.807, 2.05) is 0 Å². The molecule has 3 unspecified atom stereocenters. The lowest BCUT2D eigenvalue weighted by molar-refractivity contribution is 0.128. The molecular weight excluding hydrogens is 212 g/mol. The molecule has 0 spiro atoms. The lowest BCUT2D eigenvalue weighted by Crippen LogP contribution is -2.42. The maximum absolute atomic E-state index is 9.36. The largest absolute Gasteiger partial charge is 0.395 e. The summed E-state index contributed by atoms with van der Waals surface area (Å²) in [5, 5.41) is 12.9. The van der Waals surface area contributed by atoms with Crippen LogP contribution < -0.4 is 5.32 Å². The van der Waals surface area contributed by atoms with Gasteiger partial charge in [-0.3, -0.25) is 0 Å². The van der Waals surface area contributed by atoms with Gasteiger partial charge < -0.3 is 15.3 Å². The molecule has 100 valence electrons. The minimum absolute atomic E-state index is 0.287. The summed E-state index contributed by atoms with van der Waals surface area (Å²) in [6.45, 7) is 8.62. The van der Waals surface area contributed by atoms with E-state index < -0.39 is 0 Å². The van der Waals surface area contributed by atoms with Crippen molar-refractivity contribution in [1.29, 1.82) is 0 Å². The third kappa shape index (κ3) is 4.57. The van der Waals surface area contributed by atoms with Gasteiger partial charge in [0.05, 0.1) is 6.61 Å². The Morgan fingerprint density at radius 3 is 2.41 bits per heavy atom. The van der Waals surface area contributed by atoms with E-state index in [4.69, 9.17) is 0 Å². The molecule has 3 heteroatoms. The highest BCUT2D eigenvalue weighted by Crippen LogP contribution is 2.22. The van der Waals surface area contributed by atoms with E-state index in [9.17, 15) is 5.11 Å². The Bertz CT molecular complexity index is 220. The molecule has 2 N–H and O–H groups in total. The zero-order valence-electron chi connectivity index (χ0n) is 11.4. The van der Waals surface area contributed by atoms with Gasteiger partial charge in [0.15, 0.2) is 0 Å². The summed E-state index contributed by atoms with van der Waals surface area (Å²) in [4.78, 5) is 2.58. The second-order valence-corrected chi connectivity index (χ2v) is 6.31. The predicted octanol–water partition coefficient (Wildman–Crippen LogP) is 1.47. The Morgan fingerprint density at radius 1 is 1.24 bits per heavy atom. The molecule has 3 atom stereocenters. The molecule has 0 radical (unpaired) electrons. The van der Waals surface area contributed by atoms with Crippen LogP contribution in [-0.4, -0.2) is 48.3 Å². The third-order valence-electron chi connectivity index (χ3n) is 4.01. The summed E-state index contributed by atoms with van der Waals surface area (Å²) in [6.07, 6.45) is 5.06. The first-order valence-electron chi connectivity index (χ1n) is 7.26. The molecule has 2 aliphatic rings. The zero-order chi connectivity index (χ0) is 12.3. The molecule has 0 amide bonds. The number of hydrogen-bond donors (Lipinski definition) is 2. The van der Waals surface area contributed by atoms with Crippen LogP contribution in [0, 0.1) is 11.8 Å². The van der Waals surface area contributed by atoms with Crippen LogP contribution in [-0.2, 0) is 0 Å². The minimum Gasteiger partial charge on any atom is -0.395 e. The fraction of sp³-hybridized carbons (Fsp3) is 1.00. The van der Waals surface area contributed by atoms with E-state index in [0.717, 1.165) is 24.8 Å². The van der Waals surface area contributed by atoms with Gasteiger partial charge in [-0.15, -0.1) is 0 Å². The lowest BCUT2D eigenvalue weighted by atomic mass is 9.92. The first kappa shape index (κ1) is 13.3. The number of likely N-dealkylation sites (tertiary alicyclic amines) is 1. The minimum atomic E-state index is 0.287. The zero-order valence-corrected chi connectivity index (χ0v) is 11.4. The van der Waals surface area contributed by atoms with Gasteiger partial charge in [0.25, 0.3) is 0 Å². The number of aliphatic hydroxyl groups excluding tert-OH is 1. The average Bonchev–Trinajstić information content (AvgIpc) is 3.06. The SMILES string of the molecule is CC1CC(C)CN(CCC(CO)NC2CC2)C1. The second kappa shape index (κ2) is 6.17. The lowest BCUT2D eigenvalue weighted by Gasteiger charge is -2.35. The van der Waals surface area contributed by atoms with Crippen molar-refractivity contribution in [3.8, 4) is 0 Å². The predicted molar refractivity (Wildman–Crippen MR) is 71.0 cm³/mol. The Hall–Kier alpha value is -0.120. The molecule has 0 bridgehead atoms. The van der Waals surface area contributed by atoms with Gasteiger partial charge in [-0.2, -0.15) is 0 Å². The van der Waals surface area contributed by atoms with Crippen molar-refractivity contribution in [2.24, 2.45) is 11.8 Å². The van der Waals surface area contributed by atoms with E-state index in [0.29, 0.717) is 12.1 Å². The molecule has 0 aromatic heterocycles. The van der Waals surface area contributed by atoms with E-state index in [-0.39, 0.29) is 6.61 Å². The Kier molecular flexibility index (Phi) is 4.83. The molecule has 2 rings (SSSR count). The van der Waals surface area contributed by atoms with Crippen LogP contribution in [0.1, 0.15) is 39.5 Å². The molecule has 0 aromatic rings. The molecule has 1 aliphatic heterocycles. The Labute approximate surface area is 106 Å². The number of piperidine rings is 1. The second-order valence-electron chi connectivity index (χ2n) is 6.31. The van der Waals surface area contributed by atoms with Gasteiger partial charge in [-0.05, 0) is 44.1 Å². The van der Waals surface area contributed by atoms with Gasteiger partial charge in [-0.25, -0.2) is 0 Å². The van der Waals surface area contributed by atoms with Crippen LogP contribution in [0.2, 0.25) is 0 Å². The van der Waals surface area contributed by atoms with E-state index >= 15 is 0 Å². The molecule has 1 saturated heterocycles. The monoisotopic (exact) mass is 240 g/mol. The maximum atomic E-state index is 9.36. The normalized spacial score (nSPS) is 32.6. The van der Waals surface area contributed by atoms with E-state index in [1.54, 1.807) is 0 Å². The molecule has 3 nitrogen and oxygen atoms in total. The van der Waals surface area contributed by atoms with Crippen molar-refractivity contribution < 1.29 is 5.11 Å². The summed E-state index contributed by atoms with van der Waals surface area (Å²) in [5.74, 6) is 1.67. The first-order chi connectivity index (χ1) is 8.17. The van der Waals surface area contributed by atoms with Crippen LogP contribution in [0.3, 0.4) is 0 Å². The number of rotatable bonds is 6. The van der Waals surface area contributed by atoms with Crippen molar-refractivity contribution in [3.05, 3.63) is 0 Å². The smallest absolute Gasteiger partial charge is 0.0585 e. The quantitative estimate of drug-likeness (QED) is 0.738. The molecule has 0 aromatic carbocycles. The highest BCUT2D eigenvalue weighted by Gasteiger charge is 2.26. The standard InChI is InChI=1S/C14H28N2O/c1-11-7-12(2)9-16(8-11)6-5-14(10-17)15-13-3-4-13/h11-15,17H,3-10H2,1-2H3. The van der Waals surface area contributed by atoms with Gasteiger partial charge in [0.1, 0.15) is 0 Å². The van der Waals surface area contributed by atoms with Crippen molar-refractivity contribution >= 4 is 0 Å². The van der Waals surface area contributed by atoms with E-state index in [1.165, 1.54) is 32.4 Å². The van der Waals surface area contributed by atoms with Crippen molar-refractivity contribution in [2.75, 3.05) is 26.2 Å². The van der Waals surface area contributed by atoms with Crippen molar-refractivity contribution in [2.45, 2.75) is 51.6 Å². The highest BCUT2D eigenvalue weighted by atomic mass is 16.3. The number of aliphatic hydroxyl groups is 1. The van der Waals surface area contributed by atoms with Gasteiger partial charge in [0.2, 0.25) is 0 Å². The molecule has 2 fully saturated rings. The number of nitrogens with zero attached hydrogens (tertiary/aromatic N) is 1. The molecular formula is C14H28N2O. The van der Waals surface area contributed by atoms with Crippen LogP contribution in [0.4, 0.5) is 0 Å².